The molecule has 4 aromatic rings. The molecule has 0 aliphatic carbocycles. The third-order valence-electron chi connectivity index (χ3n) is 6.35. The number of hydrogen-bond donors (Lipinski definition) is 3. The van der Waals surface area contributed by atoms with Gasteiger partial charge in [0.15, 0.2) is 5.15 Å². The Balaban J connectivity index is 1.53. The van der Waals surface area contributed by atoms with E-state index in [1.165, 1.54) is 22.0 Å². The van der Waals surface area contributed by atoms with E-state index in [4.69, 9.17) is 11.6 Å². The molecule has 1 amide bonds. The van der Waals surface area contributed by atoms with Gasteiger partial charge in [-0.1, -0.05) is 43.1 Å². The first-order chi connectivity index (χ1) is 18.8. The van der Waals surface area contributed by atoms with E-state index < -0.39 is 18.0 Å². The van der Waals surface area contributed by atoms with E-state index in [1.807, 2.05) is 34.2 Å². The summed E-state index contributed by atoms with van der Waals surface area (Å²) in [4.78, 5) is 41.9. The predicted molar refractivity (Wildman–Crippen MR) is 150 cm³/mol. The van der Waals surface area contributed by atoms with Crippen molar-refractivity contribution in [2.45, 2.75) is 51.6 Å². The van der Waals surface area contributed by atoms with Gasteiger partial charge in [0, 0.05) is 36.1 Å². The van der Waals surface area contributed by atoms with E-state index in [-0.39, 0.29) is 23.2 Å². The maximum Gasteiger partial charge on any atom is 0.352 e. The number of aromatic nitrogens is 3. The van der Waals surface area contributed by atoms with Crippen molar-refractivity contribution in [1.29, 1.82) is 0 Å². The summed E-state index contributed by atoms with van der Waals surface area (Å²) in [6.07, 6.45) is 4.29. The third kappa shape index (κ3) is 6.96. The molecule has 11 heteroatoms. The quantitative estimate of drug-likeness (QED) is 0.194. The van der Waals surface area contributed by atoms with Gasteiger partial charge in [0.2, 0.25) is 5.91 Å². The fourth-order valence-corrected chi connectivity index (χ4v) is 5.42. The number of aromatic carboxylic acids is 1. The zero-order chi connectivity index (χ0) is 27.9. The Morgan fingerprint density at radius 3 is 2.51 bits per heavy atom. The summed E-state index contributed by atoms with van der Waals surface area (Å²) in [6.45, 7) is 2.46. The van der Waals surface area contributed by atoms with Crippen molar-refractivity contribution in [3.05, 3.63) is 92.9 Å². The lowest BCUT2D eigenvalue weighted by molar-refractivity contribution is -0.136. The molecule has 3 aromatic heterocycles. The van der Waals surface area contributed by atoms with Crippen molar-refractivity contribution in [2.75, 3.05) is 5.32 Å². The van der Waals surface area contributed by atoms with E-state index in [9.17, 15) is 24.6 Å². The van der Waals surface area contributed by atoms with Gasteiger partial charge in [-0.25, -0.2) is 9.78 Å². The van der Waals surface area contributed by atoms with Crippen LogP contribution in [0.3, 0.4) is 0 Å². The van der Waals surface area contributed by atoms with Crippen LogP contribution in [0.25, 0.3) is 0 Å². The molecular weight excluding hydrogens is 540 g/mol. The van der Waals surface area contributed by atoms with Crippen molar-refractivity contribution in [2.24, 2.45) is 0 Å². The molecule has 0 bridgehead atoms. The third-order valence-corrected chi connectivity index (χ3v) is 7.55. The number of aryl methyl sites for hydroxylation is 1. The van der Waals surface area contributed by atoms with Gasteiger partial charge in [-0.3, -0.25) is 9.59 Å². The van der Waals surface area contributed by atoms with E-state index in [0.717, 1.165) is 29.1 Å². The molecule has 204 valence electrons. The summed E-state index contributed by atoms with van der Waals surface area (Å²) in [7, 11) is 0. The van der Waals surface area contributed by atoms with Crippen LogP contribution < -0.4 is 5.32 Å². The van der Waals surface area contributed by atoms with Gasteiger partial charge in [-0.2, -0.15) is 0 Å². The Morgan fingerprint density at radius 2 is 1.87 bits per heavy atom. The van der Waals surface area contributed by atoms with Gasteiger partial charge in [0.25, 0.3) is 0 Å². The molecule has 1 aromatic carbocycles. The number of rotatable bonds is 13. The van der Waals surface area contributed by atoms with Gasteiger partial charge < -0.3 is 24.7 Å². The average Bonchev–Trinajstić information content (AvgIpc) is 3.65. The molecule has 0 aliphatic rings. The van der Waals surface area contributed by atoms with Crippen molar-refractivity contribution in [1.82, 2.24) is 14.1 Å². The minimum Gasteiger partial charge on any atom is -0.481 e. The smallest absolute Gasteiger partial charge is 0.352 e. The monoisotopic (exact) mass is 568 g/mol. The van der Waals surface area contributed by atoms with Crippen LogP contribution in [0.15, 0.2) is 60.1 Å². The van der Waals surface area contributed by atoms with Gasteiger partial charge in [0.1, 0.15) is 17.6 Å². The Morgan fingerprint density at radius 1 is 1.10 bits per heavy atom. The zero-order valence-corrected chi connectivity index (χ0v) is 22.9. The van der Waals surface area contributed by atoms with Crippen LogP contribution in [0, 0.1) is 0 Å². The Labute approximate surface area is 234 Å². The fourth-order valence-electron chi connectivity index (χ4n) is 4.41. The van der Waals surface area contributed by atoms with Crippen LogP contribution >= 0.6 is 22.9 Å². The number of halogens is 1. The number of amides is 1. The van der Waals surface area contributed by atoms with Crippen LogP contribution in [0.5, 0.6) is 0 Å². The molecule has 4 rings (SSSR count). The number of imidazole rings is 1. The van der Waals surface area contributed by atoms with Crippen LogP contribution in [-0.2, 0) is 35.4 Å². The number of hydrogen-bond acceptors (Lipinski definition) is 5. The molecule has 0 fully saturated rings. The van der Waals surface area contributed by atoms with Crippen molar-refractivity contribution >= 4 is 46.5 Å². The topological polar surface area (TPSA) is 126 Å². The van der Waals surface area contributed by atoms with Crippen molar-refractivity contribution < 1.29 is 24.6 Å². The minimum atomic E-state index is -1.10. The van der Waals surface area contributed by atoms with Crippen LogP contribution in [-0.4, -0.2) is 42.2 Å². The summed E-state index contributed by atoms with van der Waals surface area (Å²) >= 11 is 7.80. The number of thiophene rings is 1. The summed E-state index contributed by atoms with van der Waals surface area (Å²) in [5, 5.41) is 24.0. The second-order valence-electron chi connectivity index (χ2n) is 9.12. The second-order valence-corrected chi connectivity index (χ2v) is 10.5. The van der Waals surface area contributed by atoms with E-state index >= 15 is 0 Å². The normalized spacial score (nSPS) is 11.8. The number of carboxylic acids is 2. The van der Waals surface area contributed by atoms with Crippen LogP contribution in [0.1, 0.15) is 58.3 Å². The number of nitrogens with one attached hydrogen (secondary N) is 1. The number of carbonyl (C=O) groups excluding carboxylic acids is 1. The Bertz CT molecular complexity index is 1440. The number of nitrogens with zero attached hydrogens (tertiary/aromatic N) is 3. The number of anilines is 1. The van der Waals surface area contributed by atoms with Gasteiger partial charge in [-0.05, 0) is 47.7 Å². The lowest BCUT2D eigenvalue weighted by Crippen LogP contribution is -2.29. The standard InChI is InChI=1S/C28H29ClN4O5S/c1-2-3-8-24-31-26(29)22(16-25(34)35)33(24)17-18-9-11-19(12-10-18)30-27(36)23(15-20-6-5-14-39-20)32-13-4-7-21(32)28(37)38/h4-7,9-14,23H,2-3,8,15-17H2,1H3,(H,30,36)(H,34,35)(H,37,38)/t23-/m0/s1. The highest BCUT2D eigenvalue weighted by Gasteiger charge is 2.25. The van der Waals surface area contributed by atoms with Crippen molar-refractivity contribution in [3.63, 3.8) is 0 Å². The Hall–Kier alpha value is -3.89. The molecule has 3 N–H and O–H groups in total. The zero-order valence-electron chi connectivity index (χ0n) is 21.3. The first kappa shape index (κ1) is 28.1. The molecule has 9 nitrogen and oxygen atoms in total. The molecule has 3 heterocycles. The van der Waals surface area contributed by atoms with E-state index in [1.54, 1.807) is 24.4 Å². The Kier molecular flexibility index (Phi) is 9.21. The van der Waals surface area contributed by atoms with Crippen LogP contribution in [0.2, 0.25) is 5.15 Å². The summed E-state index contributed by atoms with van der Waals surface area (Å²) in [5.41, 5.74) is 1.95. The molecular formula is C28H29ClN4O5S. The lowest BCUT2D eigenvalue weighted by Gasteiger charge is -2.20. The molecule has 0 unspecified atom stereocenters. The van der Waals surface area contributed by atoms with E-state index in [2.05, 4.69) is 17.2 Å². The molecule has 0 aliphatic heterocycles. The van der Waals surface area contributed by atoms with Crippen molar-refractivity contribution in [3.8, 4) is 0 Å². The molecule has 0 spiro atoms. The van der Waals surface area contributed by atoms with Crippen LogP contribution in [0.4, 0.5) is 5.69 Å². The summed E-state index contributed by atoms with van der Waals surface area (Å²) in [6, 6.07) is 13.4. The first-order valence-corrected chi connectivity index (χ1v) is 13.8. The number of carboxylic acid groups (broad SMARTS) is 2. The fraction of sp³-hybridized carbons (Fsp3) is 0.286. The minimum absolute atomic E-state index is 0.0390. The molecule has 1 atom stereocenters. The average molecular weight is 569 g/mol. The number of benzene rings is 1. The lowest BCUT2D eigenvalue weighted by atomic mass is 10.1. The maximum absolute atomic E-state index is 13.4. The number of unbranched alkanes of at least 4 members (excludes halogenated alkanes) is 1. The molecule has 0 saturated carbocycles. The second kappa shape index (κ2) is 12.8. The number of carbonyl (C=O) groups is 3. The van der Waals surface area contributed by atoms with Gasteiger partial charge >= 0.3 is 11.9 Å². The largest absolute Gasteiger partial charge is 0.481 e. The summed E-state index contributed by atoms with van der Waals surface area (Å²) < 4.78 is 3.34. The highest BCUT2D eigenvalue weighted by Crippen LogP contribution is 2.25. The summed E-state index contributed by atoms with van der Waals surface area (Å²) in [5.74, 6) is -1.67. The van der Waals surface area contributed by atoms with Gasteiger partial charge in [0.05, 0.1) is 12.1 Å². The highest BCUT2D eigenvalue weighted by molar-refractivity contribution is 7.09. The molecule has 0 radical (unpaired) electrons. The first-order valence-electron chi connectivity index (χ1n) is 12.5. The molecule has 0 saturated heterocycles. The SMILES string of the molecule is CCCCc1nc(Cl)c(CC(=O)O)n1Cc1ccc(NC(=O)[C@H](Cc2cccs2)n2cccc2C(=O)O)cc1. The van der Waals surface area contributed by atoms with Gasteiger partial charge in [-0.15, -0.1) is 11.3 Å². The molecule has 39 heavy (non-hydrogen) atoms. The predicted octanol–water partition coefficient (Wildman–Crippen LogP) is 5.54. The number of aliphatic carboxylic acids is 1. The highest BCUT2D eigenvalue weighted by atomic mass is 35.5. The van der Waals surface area contributed by atoms with E-state index in [0.29, 0.717) is 30.8 Å². The maximum atomic E-state index is 13.4.